The van der Waals surface area contributed by atoms with Gasteiger partial charge in [0.2, 0.25) is 0 Å². The molecule has 6 nitrogen and oxygen atoms in total. The summed E-state index contributed by atoms with van der Waals surface area (Å²) in [7, 11) is 0. The van der Waals surface area contributed by atoms with Gasteiger partial charge in [0.1, 0.15) is 6.10 Å². The van der Waals surface area contributed by atoms with Crippen LogP contribution in [0.15, 0.2) is 0 Å². The molecule has 2 fully saturated rings. The summed E-state index contributed by atoms with van der Waals surface area (Å²) in [6.45, 7) is 6.60. The first kappa shape index (κ1) is 16.7. The molecule has 0 amide bonds. The van der Waals surface area contributed by atoms with Gasteiger partial charge in [-0.15, -0.1) is 0 Å². The fourth-order valence-corrected chi connectivity index (χ4v) is 3.66. The first-order chi connectivity index (χ1) is 9.82. The fraction of sp³-hybridized carbons (Fsp3) is 0.933. The molecule has 0 aromatic rings. The minimum Gasteiger partial charge on any atom is -0.458 e. The van der Waals surface area contributed by atoms with Crippen molar-refractivity contribution in [3.05, 3.63) is 0 Å². The highest BCUT2D eigenvalue weighted by Crippen LogP contribution is 2.35. The minimum absolute atomic E-state index is 0.0318. The lowest BCUT2D eigenvalue weighted by molar-refractivity contribution is -0.191. The second-order valence-electron chi connectivity index (χ2n) is 6.65. The zero-order chi connectivity index (χ0) is 15.8. The summed E-state index contributed by atoms with van der Waals surface area (Å²) >= 11 is 0. The maximum absolute atomic E-state index is 12.4. The Labute approximate surface area is 125 Å². The number of esters is 1. The lowest BCUT2D eigenvalue weighted by Crippen LogP contribution is -2.55. The van der Waals surface area contributed by atoms with Crippen LogP contribution >= 0.6 is 0 Å². The Morgan fingerprint density at radius 2 is 1.95 bits per heavy atom. The zero-order valence-corrected chi connectivity index (χ0v) is 13.0. The monoisotopic (exact) mass is 301 g/mol. The number of ether oxygens (including phenoxy) is 1. The third kappa shape index (κ3) is 2.82. The molecule has 5 atom stereocenters. The SMILES string of the molecule is CC(C)[C@](O)(C(=O)OC1CCN2CCC(CO)C12)[C@H](C)O. The average Bonchev–Trinajstić information content (AvgIpc) is 2.99. The van der Waals surface area contributed by atoms with Gasteiger partial charge in [0, 0.05) is 19.1 Å². The molecule has 2 heterocycles. The normalized spacial score (nSPS) is 33.8. The Balaban J connectivity index is 2.09. The van der Waals surface area contributed by atoms with Crippen molar-refractivity contribution in [2.45, 2.75) is 57.5 Å². The molecule has 3 unspecified atom stereocenters. The van der Waals surface area contributed by atoms with E-state index >= 15 is 0 Å². The summed E-state index contributed by atoms with van der Waals surface area (Å²) in [6, 6.07) is 0.0318. The van der Waals surface area contributed by atoms with E-state index in [1.807, 2.05) is 0 Å². The van der Waals surface area contributed by atoms with E-state index in [1.54, 1.807) is 13.8 Å². The molecule has 0 aliphatic carbocycles. The molecule has 2 rings (SSSR count). The zero-order valence-electron chi connectivity index (χ0n) is 13.0. The lowest BCUT2D eigenvalue weighted by atomic mass is 9.85. The number of nitrogens with zero attached hydrogens (tertiary/aromatic N) is 1. The molecule has 0 aromatic heterocycles. The Morgan fingerprint density at radius 1 is 1.33 bits per heavy atom. The van der Waals surface area contributed by atoms with Crippen LogP contribution in [0.5, 0.6) is 0 Å². The first-order valence-corrected chi connectivity index (χ1v) is 7.78. The van der Waals surface area contributed by atoms with Crippen LogP contribution in [0.3, 0.4) is 0 Å². The number of rotatable bonds is 5. The summed E-state index contributed by atoms with van der Waals surface area (Å²) in [4.78, 5) is 14.6. The topological polar surface area (TPSA) is 90.2 Å². The maximum Gasteiger partial charge on any atom is 0.341 e. The van der Waals surface area contributed by atoms with Crippen molar-refractivity contribution in [2.75, 3.05) is 19.7 Å². The van der Waals surface area contributed by atoms with E-state index in [9.17, 15) is 20.1 Å². The smallest absolute Gasteiger partial charge is 0.341 e. The average molecular weight is 301 g/mol. The van der Waals surface area contributed by atoms with Gasteiger partial charge in [-0.2, -0.15) is 0 Å². The number of hydrogen-bond acceptors (Lipinski definition) is 6. The van der Waals surface area contributed by atoms with Gasteiger partial charge < -0.3 is 20.1 Å². The Kier molecular flexibility index (Phi) is 4.92. The molecule has 122 valence electrons. The van der Waals surface area contributed by atoms with Gasteiger partial charge in [0.25, 0.3) is 0 Å². The lowest BCUT2D eigenvalue weighted by Gasteiger charge is -2.34. The van der Waals surface area contributed by atoms with Crippen molar-refractivity contribution in [2.24, 2.45) is 11.8 Å². The quantitative estimate of drug-likeness (QED) is 0.607. The van der Waals surface area contributed by atoms with E-state index in [0.29, 0.717) is 6.42 Å². The molecule has 0 spiro atoms. The third-order valence-electron chi connectivity index (χ3n) is 5.11. The van der Waals surface area contributed by atoms with Crippen LogP contribution in [0.4, 0.5) is 0 Å². The number of aliphatic hydroxyl groups excluding tert-OH is 2. The molecule has 2 aliphatic heterocycles. The largest absolute Gasteiger partial charge is 0.458 e. The minimum atomic E-state index is -1.89. The van der Waals surface area contributed by atoms with Gasteiger partial charge in [-0.05, 0) is 32.2 Å². The van der Waals surface area contributed by atoms with E-state index in [-0.39, 0.29) is 24.7 Å². The highest BCUT2D eigenvalue weighted by Gasteiger charge is 2.50. The summed E-state index contributed by atoms with van der Waals surface area (Å²) in [5.74, 6) is -1.09. The molecular weight excluding hydrogens is 274 g/mol. The predicted octanol–water partition coefficient (Wildman–Crippen LogP) is -0.247. The van der Waals surface area contributed by atoms with Crippen molar-refractivity contribution in [3.8, 4) is 0 Å². The van der Waals surface area contributed by atoms with Gasteiger partial charge in [0.15, 0.2) is 5.60 Å². The molecule has 0 saturated carbocycles. The van der Waals surface area contributed by atoms with Crippen molar-refractivity contribution in [1.29, 1.82) is 0 Å². The number of aliphatic hydroxyl groups is 3. The van der Waals surface area contributed by atoms with Gasteiger partial charge in [-0.1, -0.05) is 13.8 Å². The number of hydrogen-bond donors (Lipinski definition) is 3. The van der Waals surface area contributed by atoms with E-state index in [0.717, 1.165) is 19.5 Å². The van der Waals surface area contributed by atoms with E-state index in [4.69, 9.17) is 4.74 Å². The fourth-order valence-electron chi connectivity index (χ4n) is 3.66. The Hall–Kier alpha value is -0.690. The molecule has 3 N–H and O–H groups in total. The molecule has 0 radical (unpaired) electrons. The highest BCUT2D eigenvalue weighted by atomic mass is 16.6. The van der Waals surface area contributed by atoms with Crippen LogP contribution in [0, 0.1) is 11.8 Å². The van der Waals surface area contributed by atoms with Crippen LogP contribution in [0.1, 0.15) is 33.6 Å². The number of fused-ring (bicyclic) bond motifs is 1. The van der Waals surface area contributed by atoms with E-state index in [1.165, 1.54) is 6.92 Å². The molecule has 2 aliphatic rings. The van der Waals surface area contributed by atoms with E-state index < -0.39 is 23.6 Å². The van der Waals surface area contributed by atoms with Gasteiger partial charge in [-0.25, -0.2) is 4.79 Å². The van der Waals surface area contributed by atoms with Crippen molar-refractivity contribution < 1.29 is 24.9 Å². The summed E-state index contributed by atoms with van der Waals surface area (Å²) in [5, 5.41) is 29.7. The van der Waals surface area contributed by atoms with Crippen LogP contribution in [0.25, 0.3) is 0 Å². The van der Waals surface area contributed by atoms with Crippen LogP contribution in [-0.2, 0) is 9.53 Å². The van der Waals surface area contributed by atoms with Crippen molar-refractivity contribution in [1.82, 2.24) is 4.90 Å². The maximum atomic E-state index is 12.4. The van der Waals surface area contributed by atoms with Crippen LogP contribution in [-0.4, -0.2) is 69.7 Å². The van der Waals surface area contributed by atoms with Crippen molar-refractivity contribution in [3.63, 3.8) is 0 Å². The standard InChI is InChI=1S/C15H27NO5/c1-9(2)15(20,10(3)18)14(19)21-12-5-7-16-6-4-11(8-17)13(12)16/h9-13,17-18,20H,4-8H2,1-3H3/t10-,11?,12?,13?,15+/m0/s1. The molecule has 0 bridgehead atoms. The molecule has 0 aromatic carbocycles. The second kappa shape index (κ2) is 6.20. The summed E-state index contributed by atoms with van der Waals surface area (Å²) in [6.07, 6.45) is 0.0990. The highest BCUT2D eigenvalue weighted by molar-refractivity contribution is 5.80. The van der Waals surface area contributed by atoms with Crippen LogP contribution < -0.4 is 0 Å². The van der Waals surface area contributed by atoms with Gasteiger partial charge in [0.05, 0.1) is 12.1 Å². The molecule has 6 heteroatoms. The van der Waals surface area contributed by atoms with Gasteiger partial charge >= 0.3 is 5.97 Å². The van der Waals surface area contributed by atoms with Gasteiger partial charge in [-0.3, -0.25) is 4.90 Å². The van der Waals surface area contributed by atoms with Crippen molar-refractivity contribution >= 4 is 5.97 Å². The predicted molar refractivity (Wildman–Crippen MR) is 76.5 cm³/mol. The number of carbonyl (C=O) groups is 1. The first-order valence-electron chi connectivity index (χ1n) is 7.78. The Morgan fingerprint density at radius 3 is 2.48 bits per heavy atom. The molecule has 2 saturated heterocycles. The van der Waals surface area contributed by atoms with E-state index in [2.05, 4.69) is 4.90 Å². The molecule has 21 heavy (non-hydrogen) atoms. The third-order valence-corrected chi connectivity index (χ3v) is 5.11. The summed E-state index contributed by atoms with van der Waals surface area (Å²) < 4.78 is 5.54. The Bertz CT molecular complexity index is 376. The number of carbonyl (C=O) groups excluding carboxylic acids is 1. The van der Waals surface area contributed by atoms with Crippen LogP contribution in [0.2, 0.25) is 0 Å². The second-order valence-corrected chi connectivity index (χ2v) is 6.65. The summed E-state index contributed by atoms with van der Waals surface area (Å²) in [5.41, 5.74) is -1.89. The molecular formula is C15H27NO5.